The van der Waals surface area contributed by atoms with Crippen LogP contribution in [-0.4, -0.2) is 22.9 Å². The van der Waals surface area contributed by atoms with Crippen molar-refractivity contribution in [3.8, 4) is 11.5 Å². The lowest BCUT2D eigenvalue weighted by Gasteiger charge is -2.10. The van der Waals surface area contributed by atoms with Crippen LogP contribution in [0.2, 0.25) is 5.15 Å². The Morgan fingerprint density at radius 2 is 1.81 bits per heavy atom. The number of ether oxygens (including phenoxy) is 2. The summed E-state index contributed by atoms with van der Waals surface area (Å²) in [6.07, 6.45) is -1.61. The maximum atomic E-state index is 12.2. The zero-order chi connectivity index (χ0) is 18.7. The summed E-state index contributed by atoms with van der Waals surface area (Å²) in [5.41, 5.74) is 2.96. The van der Waals surface area contributed by atoms with Crippen molar-refractivity contribution in [1.29, 1.82) is 0 Å². The fourth-order valence-corrected chi connectivity index (χ4v) is 3.00. The molecule has 0 aliphatic heterocycles. The van der Waals surface area contributed by atoms with Crippen molar-refractivity contribution < 1.29 is 22.6 Å². The molecule has 138 valence electrons. The van der Waals surface area contributed by atoms with Gasteiger partial charge in [-0.25, -0.2) is 4.98 Å². The maximum Gasteiger partial charge on any atom is 0.573 e. The van der Waals surface area contributed by atoms with Gasteiger partial charge in [0.1, 0.15) is 11.5 Å². The molecule has 3 rings (SSSR count). The summed E-state index contributed by atoms with van der Waals surface area (Å²) in [5, 5.41) is 1.42. The third-order valence-electron chi connectivity index (χ3n) is 3.90. The van der Waals surface area contributed by atoms with Crippen molar-refractivity contribution in [2.24, 2.45) is 0 Å². The first-order valence-corrected chi connectivity index (χ1v) is 8.37. The predicted octanol–water partition coefficient (Wildman–Crippen LogP) is 5.30. The van der Waals surface area contributed by atoms with Gasteiger partial charge in [0.2, 0.25) is 0 Å². The Morgan fingerprint density at radius 1 is 1.12 bits per heavy atom. The second-order valence-electron chi connectivity index (χ2n) is 5.58. The molecule has 1 aromatic carbocycles. The Morgan fingerprint density at radius 3 is 2.46 bits per heavy atom. The highest BCUT2D eigenvalue weighted by Gasteiger charge is 2.30. The number of rotatable bonds is 6. The molecule has 0 amide bonds. The van der Waals surface area contributed by atoms with Gasteiger partial charge in [-0.15, -0.1) is 13.2 Å². The molecule has 0 atom stereocenters. The Balaban J connectivity index is 1.67. The van der Waals surface area contributed by atoms with Crippen LogP contribution in [0, 0.1) is 0 Å². The number of alkyl halides is 3. The van der Waals surface area contributed by atoms with E-state index in [1.807, 2.05) is 13.0 Å². The molecule has 0 spiro atoms. The van der Waals surface area contributed by atoms with Crippen LogP contribution in [0.25, 0.3) is 10.9 Å². The van der Waals surface area contributed by atoms with Crippen molar-refractivity contribution in [3.63, 3.8) is 0 Å². The van der Waals surface area contributed by atoms with Crippen LogP contribution in [0.1, 0.15) is 18.2 Å². The first-order chi connectivity index (χ1) is 12.4. The van der Waals surface area contributed by atoms with Gasteiger partial charge in [0, 0.05) is 23.7 Å². The average Bonchev–Trinajstić information content (AvgIpc) is 2.95. The monoisotopic (exact) mass is 384 g/mol. The highest BCUT2D eigenvalue weighted by Crippen LogP contribution is 2.28. The summed E-state index contributed by atoms with van der Waals surface area (Å²) < 4.78 is 46.0. The molecular weight excluding hydrogens is 369 g/mol. The number of H-pyrrole nitrogens is 1. The highest BCUT2D eigenvalue weighted by atomic mass is 35.5. The summed E-state index contributed by atoms with van der Waals surface area (Å²) in [4.78, 5) is 7.36. The van der Waals surface area contributed by atoms with Crippen molar-refractivity contribution in [2.75, 3.05) is 6.61 Å². The van der Waals surface area contributed by atoms with Crippen LogP contribution in [0.4, 0.5) is 13.2 Å². The lowest BCUT2D eigenvalue weighted by Crippen LogP contribution is -2.17. The van der Waals surface area contributed by atoms with Gasteiger partial charge in [0.25, 0.3) is 0 Å². The van der Waals surface area contributed by atoms with E-state index in [1.165, 1.54) is 24.3 Å². The van der Waals surface area contributed by atoms with E-state index in [0.29, 0.717) is 23.9 Å². The van der Waals surface area contributed by atoms with E-state index in [2.05, 4.69) is 14.7 Å². The summed E-state index contributed by atoms with van der Waals surface area (Å²) in [5.74, 6) is 0.189. The number of nitrogens with one attached hydrogen (secondary N) is 1. The number of nitrogens with zero attached hydrogens (tertiary/aromatic N) is 1. The summed E-state index contributed by atoms with van der Waals surface area (Å²) in [6, 6.07) is 7.22. The van der Waals surface area contributed by atoms with Crippen LogP contribution >= 0.6 is 11.6 Å². The van der Waals surface area contributed by atoms with Gasteiger partial charge >= 0.3 is 6.36 Å². The second-order valence-corrected chi connectivity index (χ2v) is 5.94. The van der Waals surface area contributed by atoms with Crippen LogP contribution in [-0.2, 0) is 12.8 Å². The lowest BCUT2D eigenvalue weighted by atomic mass is 10.1. The normalized spacial score (nSPS) is 11.7. The van der Waals surface area contributed by atoms with Gasteiger partial charge in [0.05, 0.1) is 12.1 Å². The smallest absolute Gasteiger partial charge is 0.493 e. The minimum Gasteiger partial charge on any atom is -0.493 e. The molecule has 0 fully saturated rings. The van der Waals surface area contributed by atoms with E-state index >= 15 is 0 Å². The fourth-order valence-electron chi connectivity index (χ4n) is 2.79. The number of aryl methyl sites for hydroxylation is 1. The van der Waals surface area contributed by atoms with Gasteiger partial charge in [-0.3, -0.25) is 0 Å². The molecule has 0 aliphatic carbocycles. The largest absolute Gasteiger partial charge is 0.573 e. The van der Waals surface area contributed by atoms with E-state index in [-0.39, 0.29) is 5.75 Å². The molecule has 0 saturated carbocycles. The minimum absolute atomic E-state index is 0.281. The Bertz CT molecular complexity index is 892. The van der Waals surface area contributed by atoms with Crippen LogP contribution in [0.3, 0.4) is 0 Å². The number of benzene rings is 1. The molecule has 0 unspecified atom stereocenters. The number of hydrogen-bond donors (Lipinski definition) is 1. The molecule has 1 N–H and O–H groups in total. The minimum atomic E-state index is -4.70. The van der Waals surface area contributed by atoms with E-state index in [9.17, 15) is 13.2 Å². The summed E-state index contributed by atoms with van der Waals surface area (Å²) in [6.45, 7) is 2.41. The van der Waals surface area contributed by atoms with E-state index < -0.39 is 6.36 Å². The third kappa shape index (κ3) is 4.22. The molecular formula is C18H16ClF3N2O2. The van der Waals surface area contributed by atoms with E-state index in [0.717, 1.165) is 28.6 Å². The van der Waals surface area contributed by atoms with Crippen molar-refractivity contribution in [3.05, 3.63) is 52.9 Å². The SMILES string of the molecule is CCc1[nH]c2c(Cl)nccc2c1CCOc1ccc(OC(F)(F)F)cc1. The average molecular weight is 385 g/mol. The molecule has 8 heteroatoms. The maximum absolute atomic E-state index is 12.2. The van der Waals surface area contributed by atoms with Crippen LogP contribution in [0.5, 0.6) is 11.5 Å². The van der Waals surface area contributed by atoms with Crippen LogP contribution in [0.15, 0.2) is 36.5 Å². The standard InChI is InChI=1S/C18H16ClF3N2O2/c1-2-15-13(14-7-9-23-17(19)16(14)24-15)8-10-25-11-3-5-12(6-4-11)26-18(20,21)22/h3-7,9,24H,2,8,10H2,1H3. The molecule has 0 bridgehead atoms. The number of halogens is 4. The van der Waals surface area contributed by atoms with Gasteiger partial charge in [-0.2, -0.15) is 0 Å². The number of fused-ring (bicyclic) bond motifs is 1. The van der Waals surface area contributed by atoms with Gasteiger partial charge < -0.3 is 14.5 Å². The zero-order valence-electron chi connectivity index (χ0n) is 13.9. The molecule has 26 heavy (non-hydrogen) atoms. The topological polar surface area (TPSA) is 47.1 Å². The Hall–Kier alpha value is -2.41. The number of aromatic amines is 1. The lowest BCUT2D eigenvalue weighted by molar-refractivity contribution is -0.274. The van der Waals surface area contributed by atoms with Gasteiger partial charge in [-0.05, 0) is 42.3 Å². The molecule has 4 nitrogen and oxygen atoms in total. The van der Waals surface area contributed by atoms with Crippen molar-refractivity contribution in [2.45, 2.75) is 26.1 Å². The van der Waals surface area contributed by atoms with Crippen molar-refractivity contribution >= 4 is 22.5 Å². The molecule has 2 heterocycles. The molecule has 2 aromatic heterocycles. The molecule has 0 saturated heterocycles. The van der Waals surface area contributed by atoms with Crippen molar-refractivity contribution in [1.82, 2.24) is 9.97 Å². The van der Waals surface area contributed by atoms with Gasteiger partial charge in [-0.1, -0.05) is 18.5 Å². The summed E-state index contributed by atoms with van der Waals surface area (Å²) in [7, 11) is 0. The predicted molar refractivity (Wildman–Crippen MR) is 92.8 cm³/mol. The summed E-state index contributed by atoms with van der Waals surface area (Å²) >= 11 is 6.12. The molecule has 0 aliphatic rings. The third-order valence-corrected chi connectivity index (χ3v) is 4.19. The highest BCUT2D eigenvalue weighted by molar-refractivity contribution is 6.33. The van der Waals surface area contributed by atoms with E-state index in [1.54, 1.807) is 6.20 Å². The quantitative estimate of drug-likeness (QED) is 0.587. The number of aromatic nitrogens is 2. The fraction of sp³-hybridized carbons (Fsp3) is 0.278. The van der Waals surface area contributed by atoms with E-state index in [4.69, 9.17) is 16.3 Å². The first kappa shape index (κ1) is 18.4. The molecule has 0 radical (unpaired) electrons. The van der Waals surface area contributed by atoms with Gasteiger partial charge in [0.15, 0.2) is 5.15 Å². The zero-order valence-corrected chi connectivity index (χ0v) is 14.6. The Kier molecular flexibility index (Phi) is 5.27. The number of hydrogen-bond acceptors (Lipinski definition) is 3. The Labute approximate surface area is 152 Å². The van der Waals surface area contributed by atoms with Crippen LogP contribution < -0.4 is 9.47 Å². The second kappa shape index (κ2) is 7.45. The first-order valence-electron chi connectivity index (χ1n) is 8.00. The molecule has 3 aromatic rings. The number of pyridine rings is 1.